The van der Waals surface area contributed by atoms with E-state index >= 15 is 0 Å². The number of rotatable bonds is 4. The summed E-state index contributed by atoms with van der Waals surface area (Å²) in [6.07, 6.45) is 1.67. The molecule has 1 aliphatic rings. The van der Waals surface area contributed by atoms with Gasteiger partial charge in [-0.2, -0.15) is 0 Å². The van der Waals surface area contributed by atoms with Crippen LogP contribution in [0.1, 0.15) is 46.5 Å². The van der Waals surface area contributed by atoms with Crippen molar-refractivity contribution in [2.75, 3.05) is 6.61 Å². The van der Waals surface area contributed by atoms with Gasteiger partial charge in [0.15, 0.2) is 6.10 Å². The van der Waals surface area contributed by atoms with E-state index in [0.717, 1.165) is 12.8 Å². The van der Waals surface area contributed by atoms with Gasteiger partial charge in [0.25, 0.3) is 0 Å². The number of unbranched alkanes of at least 4 members (excludes halogenated alkanes) is 1. The third-order valence-electron chi connectivity index (χ3n) is 2.68. The molecule has 1 N–H and O–H groups in total. The third-order valence-corrected chi connectivity index (χ3v) is 2.68. The standard InChI is InChI=1S/C12H22O4/c1-4-5-6-15-11(14)10-7-9(13)8-12(2,3)16-10/h9-10,13H,4-8H2,1-3H3. The second kappa shape index (κ2) is 5.64. The second-order valence-electron chi connectivity index (χ2n) is 4.98. The summed E-state index contributed by atoms with van der Waals surface area (Å²) in [6, 6.07) is 0. The van der Waals surface area contributed by atoms with Crippen LogP contribution in [0.2, 0.25) is 0 Å². The monoisotopic (exact) mass is 230 g/mol. The van der Waals surface area contributed by atoms with Crippen LogP contribution < -0.4 is 0 Å². The lowest BCUT2D eigenvalue weighted by atomic mass is 9.93. The minimum atomic E-state index is -0.615. The van der Waals surface area contributed by atoms with Crippen LogP contribution in [0.25, 0.3) is 0 Å². The van der Waals surface area contributed by atoms with E-state index in [2.05, 4.69) is 0 Å². The maximum absolute atomic E-state index is 11.6. The molecule has 1 heterocycles. The van der Waals surface area contributed by atoms with E-state index < -0.39 is 17.8 Å². The fourth-order valence-corrected chi connectivity index (χ4v) is 1.93. The molecule has 4 heteroatoms. The number of aliphatic hydroxyl groups excluding tert-OH is 1. The molecule has 0 bridgehead atoms. The zero-order valence-electron chi connectivity index (χ0n) is 10.4. The predicted octanol–water partition coefficient (Wildman–Crippen LogP) is 1.65. The van der Waals surface area contributed by atoms with Crippen molar-refractivity contribution in [2.45, 2.75) is 64.3 Å². The van der Waals surface area contributed by atoms with Gasteiger partial charge in [0.05, 0.1) is 18.3 Å². The molecule has 0 aromatic carbocycles. The Morgan fingerprint density at radius 1 is 1.56 bits per heavy atom. The molecule has 1 saturated heterocycles. The normalized spacial score (nSPS) is 28.8. The maximum Gasteiger partial charge on any atom is 0.335 e. The fraction of sp³-hybridized carbons (Fsp3) is 0.917. The molecule has 0 aliphatic carbocycles. The first-order valence-electron chi connectivity index (χ1n) is 5.97. The summed E-state index contributed by atoms with van der Waals surface area (Å²) in [5.41, 5.74) is -0.452. The van der Waals surface area contributed by atoms with E-state index in [4.69, 9.17) is 9.47 Å². The van der Waals surface area contributed by atoms with Crippen molar-refractivity contribution in [3.05, 3.63) is 0 Å². The van der Waals surface area contributed by atoms with Gasteiger partial charge in [0.2, 0.25) is 0 Å². The fourth-order valence-electron chi connectivity index (χ4n) is 1.93. The van der Waals surface area contributed by atoms with Crippen LogP contribution in [0.4, 0.5) is 0 Å². The highest BCUT2D eigenvalue weighted by atomic mass is 16.6. The molecule has 1 fully saturated rings. The SMILES string of the molecule is CCCCOC(=O)C1CC(O)CC(C)(C)O1. The van der Waals surface area contributed by atoms with Crippen LogP contribution in [-0.4, -0.2) is 35.5 Å². The van der Waals surface area contributed by atoms with Crippen molar-refractivity contribution in [3.8, 4) is 0 Å². The summed E-state index contributed by atoms with van der Waals surface area (Å²) in [4.78, 5) is 11.6. The number of hydrogen-bond donors (Lipinski definition) is 1. The lowest BCUT2D eigenvalue weighted by Crippen LogP contribution is -2.45. The van der Waals surface area contributed by atoms with Gasteiger partial charge < -0.3 is 14.6 Å². The summed E-state index contributed by atoms with van der Waals surface area (Å²) in [7, 11) is 0. The average Bonchev–Trinajstić information content (AvgIpc) is 2.14. The molecule has 0 radical (unpaired) electrons. The van der Waals surface area contributed by atoms with Crippen LogP contribution in [0, 0.1) is 0 Å². The number of carbonyl (C=O) groups excluding carboxylic acids is 1. The molecule has 4 nitrogen and oxygen atoms in total. The Labute approximate surface area is 96.9 Å². The summed E-state index contributed by atoms with van der Waals surface area (Å²) < 4.78 is 10.7. The molecule has 1 aliphatic heterocycles. The van der Waals surface area contributed by atoms with Crippen molar-refractivity contribution < 1.29 is 19.4 Å². The smallest absolute Gasteiger partial charge is 0.335 e. The molecule has 16 heavy (non-hydrogen) atoms. The first-order valence-corrected chi connectivity index (χ1v) is 5.97. The van der Waals surface area contributed by atoms with E-state index in [1.165, 1.54) is 0 Å². The van der Waals surface area contributed by atoms with Crippen LogP contribution >= 0.6 is 0 Å². The van der Waals surface area contributed by atoms with Crippen LogP contribution in [0.15, 0.2) is 0 Å². The van der Waals surface area contributed by atoms with Gasteiger partial charge >= 0.3 is 5.97 Å². The van der Waals surface area contributed by atoms with E-state index in [0.29, 0.717) is 19.4 Å². The van der Waals surface area contributed by atoms with Gasteiger partial charge in [0.1, 0.15) is 0 Å². The summed E-state index contributed by atoms with van der Waals surface area (Å²) >= 11 is 0. The number of hydrogen-bond acceptors (Lipinski definition) is 4. The minimum Gasteiger partial charge on any atom is -0.464 e. The van der Waals surface area contributed by atoms with Crippen LogP contribution in [0.3, 0.4) is 0 Å². The molecule has 94 valence electrons. The van der Waals surface area contributed by atoms with Gasteiger partial charge in [-0.3, -0.25) is 0 Å². The Balaban J connectivity index is 2.43. The van der Waals surface area contributed by atoms with Gasteiger partial charge in [-0.05, 0) is 20.3 Å². The molecule has 0 saturated carbocycles. The van der Waals surface area contributed by atoms with Crippen molar-refractivity contribution >= 4 is 5.97 Å². The lowest BCUT2D eigenvalue weighted by Gasteiger charge is -2.37. The third kappa shape index (κ3) is 4.10. The van der Waals surface area contributed by atoms with Crippen LogP contribution in [-0.2, 0) is 14.3 Å². The number of aliphatic hydroxyl groups is 1. The Morgan fingerprint density at radius 3 is 2.81 bits per heavy atom. The maximum atomic E-state index is 11.6. The molecule has 0 amide bonds. The highest BCUT2D eigenvalue weighted by Crippen LogP contribution is 2.28. The predicted molar refractivity (Wildman–Crippen MR) is 60.1 cm³/mol. The van der Waals surface area contributed by atoms with Crippen molar-refractivity contribution in [1.29, 1.82) is 0 Å². The molecule has 2 unspecified atom stereocenters. The second-order valence-corrected chi connectivity index (χ2v) is 4.98. The topological polar surface area (TPSA) is 55.8 Å². The van der Waals surface area contributed by atoms with Gasteiger partial charge in [-0.15, -0.1) is 0 Å². The molecule has 1 rings (SSSR count). The average molecular weight is 230 g/mol. The van der Waals surface area contributed by atoms with Gasteiger partial charge in [-0.1, -0.05) is 13.3 Å². The van der Waals surface area contributed by atoms with Crippen molar-refractivity contribution in [3.63, 3.8) is 0 Å². The Bertz CT molecular complexity index is 237. The van der Waals surface area contributed by atoms with Crippen molar-refractivity contribution in [2.24, 2.45) is 0 Å². The lowest BCUT2D eigenvalue weighted by molar-refractivity contribution is -0.186. The number of carbonyl (C=O) groups is 1. The van der Waals surface area contributed by atoms with E-state index in [1.807, 2.05) is 20.8 Å². The van der Waals surface area contributed by atoms with Crippen molar-refractivity contribution in [1.82, 2.24) is 0 Å². The summed E-state index contributed by atoms with van der Waals surface area (Å²) in [6.45, 7) is 6.23. The Morgan fingerprint density at radius 2 is 2.25 bits per heavy atom. The summed E-state index contributed by atoms with van der Waals surface area (Å²) in [5.74, 6) is -0.347. The number of esters is 1. The van der Waals surface area contributed by atoms with Gasteiger partial charge in [-0.25, -0.2) is 4.79 Å². The Kier molecular flexibility index (Phi) is 4.74. The van der Waals surface area contributed by atoms with E-state index in [1.54, 1.807) is 0 Å². The van der Waals surface area contributed by atoms with Gasteiger partial charge in [0, 0.05) is 12.8 Å². The molecule has 0 aromatic heterocycles. The number of ether oxygens (including phenoxy) is 2. The Hall–Kier alpha value is -0.610. The first kappa shape index (κ1) is 13.5. The first-order chi connectivity index (χ1) is 7.44. The molecular formula is C12H22O4. The highest BCUT2D eigenvalue weighted by Gasteiger charge is 2.38. The molecule has 0 spiro atoms. The zero-order chi connectivity index (χ0) is 12.2. The molecular weight excluding hydrogens is 208 g/mol. The molecule has 2 atom stereocenters. The highest BCUT2D eigenvalue weighted by molar-refractivity contribution is 5.74. The van der Waals surface area contributed by atoms with E-state index in [-0.39, 0.29) is 5.97 Å². The largest absolute Gasteiger partial charge is 0.464 e. The minimum absolute atomic E-state index is 0.342. The molecule has 0 aromatic rings. The summed E-state index contributed by atoms with van der Waals surface area (Å²) in [5, 5.41) is 9.65. The van der Waals surface area contributed by atoms with E-state index in [9.17, 15) is 9.90 Å². The van der Waals surface area contributed by atoms with Crippen LogP contribution in [0.5, 0.6) is 0 Å². The quantitative estimate of drug-likeness (QED) is 0.589. The zero-order valence-corrected chi connectivity index (χ0v) is 10.4.